The number of rotatable bonds is 4. The molecule has 2 aromatic rings. The van der Waals surface area contributed by atoms with Gasteiger partial charge in [0.1, 0.15) is 5.82 Å². The second kappa shape index (κ2) is 5.69. The Kier molecular flexibility index (Phi) is 4.25. The van der Waals surface area contributed by atoms with E-state index in [0.717, 1.165) is 10.9 Å². The zero-order valence-electron chi connectivity index (χ0n) is 11.4. The third-order valence-electron chi connectivity index (χ3n) is 2.74. The highest BCUT2D eigenvalue weighted by Crippen LogP contribution is 2.22. The molecule has 7 nitrogen and oxygen atoms in total. The van der Waals surface area contributed by atoms with Crippen molar-refractivity contribution in [2.75, 3.05) is 10.1 Å². The molecule has 0 spiro atoms. The van der Waals surface area contributed by atoms with Gasteiger partial charge in [-0.3, -0.25) is 0 Å². The Labute approximate surface area is 129 Å². The summed E-state index contributed by atoms with van der Waals surface area (Å²) >= 11 is 5.68. The highest BCUT2D eigenvalue weighted by Gasteiger charge is 2.20. The first-order chi connectivity index (χ1) is 10.1. The van der Waals surface area contributed by atoms with Crippen molar-refractivity contribution >= 4 is 27.5 Å². The summed E-state index contributed by atoms with van der Waals surface area (Å²) in [5.41, 5.74) is -0.873. The van der Waals surface area contributed by atoms with Crippen LogP contribution in [0.4, 0.5) is 14.5 Å². The summed E-state index contributed by atoms with van der Waals surface area (Å²) in [6.45, 7) is -1.76. The predicted molar refractivity (Wildman–Crippen MR) is 77.0 cm³/mol. The fourth-order valence-corrected chi connectivity index (χ4v) is 2.40. The molecule has 1 heterocycles. The third kappa shape index (κ3) is 2.97. The lowest BCUT2D eigenvalue weighted by Gasteiger charge is -2.13. The summed E-state index contributed by atoms with van der Waals surface area (Å²) in [7, 11) is -3.72. The van der Waals surface area contributed by atoms with Gasteiger partial charge in [0.2, 0.25) is 10.0 Å². The molecule has 0 amide bonds. The van der Waals surface area contributed by atoms with Crippen molar-refractivity contribution in [1.82, 2.24) is 14.3 Å². The number of sulfonamides is 1. The number of nitrogens with zero attached hydrogens (tertiary/aromatic N) is 4. The van der Waals surface area contributed by atoms with E-state index >= 15 is 0 Å². The molecule has 0 atom stereocenters. The van der Waals surface area contributed by atoms with Crippen LogP contribution in [0.25, 0.3) is 5.69 Å². The van der Waals surface area contributed by atoms with Gasteiger partial charge in [0.05, 0.1) is 17.6 Å². The van der Waals surface area contributed by atoms with Crippen LogP contribution in [0.3, 0.4) is 0 Å². The number of anilines is 1. The van der Waals surface area contributed by atoms with E-state index in [1.165, 1.54) is 31.2 Å². The number of alkyl halides is 2. The van der Waals surface area contributed by atoms with Crippen molar-refractivity contribution < 1.29 is 17.2 Å². The Hall–Kier alpha value is -1.94. The topological polar surface area (TPSA) is 77.2 Å². The van der Waals surface area contributed by atoms with Crippen LogP contribution in [-0.4, -0.2) is 29.0 Å². The highest BCUT2D eigenvalue weighted by molar-refractivity contribution is 7.93. The monoisotopic (exact) mass is 352 g/mol. The van der Waals surface area contributed by atoms with Crippen LogP contribution in [0, 0.1) is 6.92 Å². The van der Waals surface area contributed by atoms with Crippen molar-refractivity contribution in [3.8, 4) is 5.69 Å². The van der Waals surface area contributed by atoms with Crippen LogP contribution >= 0.6 is 11.8 Å². The maximum absolute atomic E-state index is 12.8. The minimum Gasteiger partial charge on any atom is -0.245 e. The van der Waals surface area contributed by atoms with E-state index in [1.807, 2.05) is 0 Å². The summed E-state index contributed by atoms with van der Waals surface area (Å²) in [5, 5.41) is 3.74. The molecule has 0 unspecified atom stereocenters. The maximum atomic E-state index is 12.8. The van der Waals surface area contributed by atoms with Crippen molar-refractivity contribution in [2.45, 2.75) is 13.5 Å². The Morgan fingerprint density at radius 1 is 1.36 bits per heavy atom. The van der Waals surface area contributed by atoms with Gasteiger partial charge >= 0.3 is 12.2 Å². The molecule has 0 aliphatic heterocycles. The van der Waals surface area contributed by atoms with E-state index in [1.54, 1.807) is 0 Å². The summed E-state index contributed by atoms with van der Waals surface area (Å²) < 4.78 is 49.8. The second-order valence-corrected chi connectivity index (χ2v) is 6.76. The van der Waals surface area contributed by atoms with Crippen molar-refractivity contribution in [2.24, 2.45) is 0 Å². The number of hydrogen-bond donors (Lipinski definition) is 0. The number of aryl methyl sites for hydroxylation is 1. The molecule has 2 rings (SSSR count). The molecule has 11 heteroatoms. The zero-order chi connectivity index (χ0) is 16.7. The van der Waals surface area contributed by atoms with Gasteiger partial charge in [0, 0.05) is 11.8 Å². The quantitative estimate of drug-likeness (QED) is 0.784. The molecule has 1 aromatic heterocycles. The van der Waals surface area contributed by atoms with E-state index in [4.69, 9.17) is 11.8 Å². The molecule has 0 radical (unpaired) electrons. The van der Waals surface area contributed by atoms with E-state index in [9.17, 15) is 22.0 Å². The summed E-state index contributed by atoms with van der Waals surface area (Å²) in [5.74, 6) is -0.170. The van der Waals surface area contributed by atoms with Crippen LogP contribution in [-0.2, 0) is 10.0 Å². The van der Waals surface area contributed by atoms with Crippen LogP contribution in [0.15, 0.2) is 29.1 Å². The average molecular weight is 353 g/mol. The number of halogens is 3. The lowest BCUT2D eigenvalue weighted by atomic mass is 10.3. The zero-order valence-corrected chi connectivity index (χ0v) is 13.0. The molecule has 120 valence electrons. The number of aromatic nitrogens is 3. The summed E-state index contributed by atoms with van der Waals surface area (Å²) in [4.78, 5) is 11.9. The van der Waals surface area contributed by atoms with Gasteiger partial charge in [0.15, 0.2) is 0 Å². The standard InChI is InChI=1S/C11H11ClF2N4O3S/c1-7-15-17(11(19)16(7)10(13)14)8-4-3-5-9(6-8)18(12)22(2,20)21/h3-6,10H,1-2H3. The molecular formula is C11H11ClF2N4O3S. The van der Waals surface area contributed by atoms with Gasteiger partial charge in [-0.1, -0.05) is 6.07 Å². The van der Waals surface area contributed by atoms with Gasteiger partial charge < -0.3 is 0 Å². The Bertz CT molecular complexity index is 862. The first kappa shape index (κ1) is 16.4. The molecule has 0 aliphatic carbocycles. The fourth-order valence-electron chi connectivity index (χ4n) is 1.79. The van der Waals surface area contributed by atoms with Crippen LogP contribution in [0.1, 0.15) is 12.4 Å². The summed E-state index contributed by atoms with van der Waals surface area (Å²) in [6, 6.07) is 5.48. The van der Waals surface area contributed by atoms with Crippen LogP contribution < -0.4 is 9.51 Å². The Morgan fingerprint density at radius 3 is 2.50 bits per heavy atom. The first-order valence-corrected chi connectivity index (χ1v) is 8.04. The molecular weight excluding hydrogens is 342 g/mol. The predicted octanol–water partition coefficient (Wildman–Crippen LogP) is 1.66. The van der Waals surface area contributed by atoms with E-state index in [2.05, 4.69) is 5.10 Å². The maximum Gasteiger partial charge on any atom is 0.355 e. The lowest BCUT2D eigenvalue weighted by molar-refractivity contribution is 0.0640. The number of hydrogen-bond acceptors (Lipinski definition) is 4. The van der Waals surface area contributed by atoms with Gasteiger partial charge in [-0.2, -0.15) is 22.4 Å². The minimum absolute atomic E-state index is 0.0535. The molecule has 0 aliphatic rings. The average Bonchev–Trinajstić information content (AvgIpc) is 2.72. The minimum atomic E-state index is -3.72. The van der Waals surface area contributed by atoms with Gasteiger partial charge in [-0.15, -0.1) is 0 Å². The van der Waals surface area contributed by atoms with Gasteiger partial charge in [0.25, 0.3) is 0 Å². The van der Waals surface area contributed by atoms with Gasteiger partial charge in [-0.05, 0) is 25.1 Å². The van der Waals surface area contributed by atoms with E-state index in [0.29, 0.717) is 3.82 Å². The van der Waals surface area contributed by atoms with Crippen molar-refractivity contribution in [3.05, 3.63) is 40.6 Å². The molecule has 0 bridgehead atoms. The normalized spacial score (nSPS) is 11.9. The molecule has 0 saturated heterocycles. The van der Waals surface area contributed by atoms with Crippen LogP contribution in [0.5, 0.6) is 0 Å². The highest BCUT2D eigenvalue weighted by atomic mass is 35.5. The molecule has 22 heavy (non-hydrogen) atoms. The van der Waals surface area contributed by atoms with Gasteiger partial charge in [-0.25, -0.2) is 17.8 Å². The van der Waals surface area contributed by atoms with Crippen molar-refractivity contribution in [3.63, 3.8) is 0 Å². The lowest BCUT2D eigenvalue weighted by Crippen LogP contribution is -2.25. The largest absolute Gasteiger partial charge is 0.355 e. The first-order valence-electron chi connectivity index (χ1n) is 5.85. The van der Waals surface area contributed by atoms with Crippen molar-refractivity contribution in [1.29, 1.82) is 0 Å². The van der Waals surface area contributed by atoms with E-state index in [-0.39, 0.29) is 21.8 Å². The molecule has 0 fully saturated rings. The smallest absolute Gasteiger partial charge is 0.245 e. The number of benzene rings is 1. The van der Waals surface area contributed by atoms with Crippen LogP contribution in [0.2, 0.25) is 0 Å². The Morgan fingerprint density at radius 2 is 2.00 bits per heavy atom. The molecule has 1 aromatic carbocycles. The second-order valence-electron chi connectivity index (χ2n) is 4.39. The molecule has 0 N–H and O–H groups in total. The van der Waals surface area contributed by atoms with E-state index < -0.39 is 22.3 Å². The summed E-state index contributed by atoms with van der Waals surface area (Å²) in [6.07, 6.45) is 0.897. The molecule has 0 saturated carbocycles. The Balaban J connectivity index is 2.57. The third-order valence-corrected chi connectivity index (χ3v) is 4.48. The SMILES string of the molecule is Cc1nn(-c2cccc(N(Cl)S(C)(=O)=O)c2)c(=O)n1C(F)F. The fraction of sp³-hybridized carbons (Fsp3) is 0.273.